The van der Waals surface area contributed by atoms with Crippen LogP contribution in [0.25, 0.3) is 22.2 Å². The third-order valence-electron chi connectivity index (χ3n) is 2.92. The SMILES string of the molecule is Cc1cc[nH]c1-c1c[nH]c2cc(F)cc(F)c12. The zero-order valence-electron chi connectivity index (χ0n) is 9.14. The van der Waals surface area contributed by atoms with Crippen molar-refractivity contribution in [3.05, 3.63) is 47.8 Å². The molecule has 0 fully saturated rings. The van der Waals surface area contributed by atoms with Crippen molar-refractivity contribution in [2.24, 2.45) is 0 Å². The van der Waals surface area contributed by atoms with E-state index in [0.29, 0.717) is 10.9 Å². The summed E-state index contributed by atoms with van der Waals surface area (Å²) in [4.78, 5) is 5.95. The minimum Gasteiger partial charge on any atom is -0.361 e. The van der Waals surface area contributed by atoms with Crippen LogP contribution in [0.2, 0.25) is 0 Å². The van der Waals surface area contributed by atoms with Gasteiger partial charge < -0.3 is 9.97 Å². The van der Waals surface area contributed by atoms with Gasteiger partial charge in [-0.25, -0.2) is 8.78 Å². The third-order valence-corrected chi connectivity index (χ3v) is 2.92. The van der Waals surface area contributed by atoms with E-state index in [1.165, 1.54) is 6.07 Å². The number of hydrogen-bond acceptors (Lipinski definition) is 0. The molecular weight excluding hydrogens is 222 g/mol. The molecule has 0 bridgehead atoms. The predicted octanol–water partition coefficient (Wildman–Crippen LogP) is 3.75. The minimum atomic E-state index is -0.577. The summed E-state index contributed by atoms with van der Waals surface area (Å²) in [6, 6.07) is 4.10. The lowest BCUT2D eigenvalue weighted by molar-refractivity contribution is 0.592. The van der Waals surface area contributed by atoms with Crippen LogP contribution >= 0.6 is 0 Å². The first-order valence-corrected chi connectivity index (χ1v) is 5.27. The van der Waals surface area contributed by atoms with Gasteiger partial charge in [-0.1, -0.05) is 0 Å². The largest absolute Gasteiger partial charge is 0.361 e. The maximum Gasteiger partial charge on any atom is 0.136 e. The molecule has 0 aliphatic rings. The highest BCUT2D eigenvalue weighted by Crippen LogP contribution is 2.31. The first-order chi connectivity index (χ1) is 8.16. The van der Waals surface area contributed by atoms with E-state index in [1.54, 1.807) is 12.4 Å². The Morgan fingerprint density at radius 1 is 1.12 bits per heavy atom. The Morgan fingerprint density at radius 3 is 2.65 bits per heavy atom. The van der Waals surface area contributed by atoms with Crippen molar-refractivity contribution in [3.8, 4) is 11.3 Å². The lowest BCUT2D eigenvalue weighted by Gasteiger charge is -2.00. The number of aromatic amines is 2. The van der Waals surface area contributed by atoms with E-state index in [1.807, 2.05) is 13.0 Å². The summed E-state index contributed by atoms with van der Waals surface area (Å²) in [6.07, 6.45) is 3.48. The molecule has 4 heteroatoms. The Hall–Kier alpha value is -2.10. The van der Waals surface area contributed by atoms with Crippen LogP contribution in [0.3, 0.4) is 0 Å². The lowest BCUT2D eigenvalue weighted by Crippen LogP contribution is -1.84. The van der Waals surface area contributed by atoms with E-state index in [0.717, 1.165) is 22.9 Å². The topological polar surface area (TPSA) is 31.6 Å². The molecule has 0 spiro atoms. The van der Waals surface area contributed by atoms with Gasteiger partial charge in [-0.3, -0.25) is 0 Å². The van der Waals surface area contributed by atoms with Crippen LogP contribution in [-0.4, -0.2) is 9.97 Å². The average Bonchev–Trinajstić information content (AvgIpc) is 2.83. The van der Waals surface area contributed by atoms with Gasteiger partial charge in [0.2, 0.25) is 0 Å². The Balaban J connectivity index is 2.36. The van der Waals surface area contributed by atoms with E-state index in [9.17, 15) is 8.78 Å². The van der Waals surface area contributed by atoms with E-state index >= 15 is 0 Å². The van der Waals surface area contributed by atoms with Crippen LogP contribution in [0.1, 0.15) is 5.56 Å². The number of aromatic nitrogens is 2. The average molecular weight is 232 g/mol. The Morgan fingerprint density at radius 2 is 1.94 bits per heavy atom. The number of aryl methyl sites for hydroxylation is 1. The van der Waals surface area contributed by atoms with Crippen molar-refractivity contribution >= 4 is 10.9 Å². The number of hydrogen-bond donors (Lipinski definition) is 2. The van der Waals surface area contributed by atoms with Gasteiger partial charge in [-0.15, -0.1) is 0 Å². The van der Waals surface area contributed by atoms with Gasteiger partial charge in [0.15, 0.2) is 0 Å². The van der Waals surface area contributed by atoms with Gasteiger partial charge in [0, 0.05) is 29.4 Å². The molecule has 2 nitrogen and oxygen atoms in total. The molecule has 3 rings (SSSR count). The molecule has 0 aliphatic carbocycles. The second kappa shape index (κ2) is 3.45. The highest BCUT2D eigenvalue weighted by molar-refractivity contribution is 5.95. The highest BCUT2D eigenvalue weighted by atomic mass is 19.1. The Labute approximate surface area is 96.3 Å². The fourth-order valence-electron chi connectivity index (χ4n) is 2.12. The number of halogens is 2. The first kappa shape index (κ1) is 10.1. The fraction of sp³-hybridized carbons (Fsp3) is 0.0769. The molecule has 17 heavy (non-hydrogen) atoms. The molecule has 0 unspecified atom stereocenters. The molecule has 0 radical (unpaired) electrons. The van der Waals surface area contributed by atoms with Crippen LogP contribution in [0.15, 0.2) is 30.6 Å². The van der Waals surface area contributed by atoms with Crippen molar-refractivity contribution in [2.75, 3.05) is 0 Å². The van der Waals surface area contributed by atoms with E-state index in [2.05, 4.69) is 9.97 Å². The molecule has 0 saturated heterocycles. The number of fused-ring (bicyclic) bond motifs is 1. The van der Waals surface area contributed by atoms with Crippen molar-refractivity contribution in [1.29, 1.82) is 0 Å². The summed E-state index contributed by atoms with van der Waals surface area (Å²) in [7, 11) is 0. The van der Waals surface area contributed by atoms with Crippen molar-refractivity contribution in [1.82, 2.24) is 9.97 Å². The van der Waals surface area contributed by atoms with E-state index < -0.39 is 11.6 Å². The van der Waals surface area contributed by atoms with Crippen LogP contribution in [-0.2, 0) is 0 Å². The summed E-state index contributed by atoms with van der Waals surface area (Å²) >= 11 is 0. The van der Waals surface area contributed by atoms with Crippen LogP contribution in [0.4, 0.5) is 8.78 Å². The van der Waals surface area contributed by atoms with Crippen molar-refractivity contribution < 1.29 is 8.78 Å². The normalized spacial score (nSPS) is 11.2. The van der Waals surface area contributed by atoms with Gasteiger partial charge in [0.25, 0.3) is 0 Å². The van der Waals surface area contributed by atoms with E-state index in [4.69, 9.17) is 0 Å². The fourth-order valence-corrected chi connectivity index (χ4v) is 2.12. The van der Waals surface area contributed by atoms with Crippen LogP contribution < -0.4 is 0 Å². The zero-order chi connectivity index (χ0) is 12.0. The first-order valence-electron chi connectivity index (χ1n) is 5.27. The maximum atomic E-state index is 13.8. The van der Waals surface area contributed by atoms with Crippen LogP contribution in [0, 0.1) is 18.6 Å². The molecule has 2 N–H and O–H groups in total. The minimum absolute atomic E-state index is 0.414. The van der Waals surface area contributed by atoms with Crippen molar-refractivity contribution in [3.63, 3.8) is 0 Å². The zero-order valence-corrected chi connectivity index (χ0v) is 9.14. The van der Waals surface area contributed by atoms with Gasteiger partial charge in [0.05, 0.1) is 11.2 Å². The number of nitrogens with one attached hydrogen (secondary N) is 2. The molecule has 3 aromatic rings. The second-order valence-electron chi connectivity index (χ2n) is 4.05. The quantitative estimate of drug-likeness (QED) is 0.640. The summed E-state index contributed by atoms with van der Waals surface area (Å²) in [5.74, 6) is -1.13. The molecule has 0 aliphatic heterocycles. The maximum absolute atomic E-state index is 13.8. The number of benzene rings is 1. The molecule has 0 amide bonds. The highest BCUT2D eigenvalue weighted by Gasteiger charge is 2.14. The summed E-state index contributed by atoms with van der Waals surface area (Å²) in [5, 5.41) is 0.414. The second-order valence-corrected chi connectivity index (χ2v) is 4.05. The summed E-state index contributed by atoms with van der Waals surface area (Å²) in [5.41, 5.74) is 3.06. The van der Waals surface area contributed by atoms with Gasteiger partial charge in [-0.2, -0.15) is 0 Å². The smallest absolute Gasteiger partial charge is 0.136 e. The van der Waals surface area contributed by atoms with E-state index in [-0.39, 0.29) is 0 Å². The monoisotopic (exact) mass is 232 g/mol. The van der Waals surface area contributed by atoms with Crippen LogP contribution in [0.5, 0.6) is 0 Å². The molecule has 86 valence electrons. The molecule has 1 aromatic carbocycles. The summed E-state index contributed by atoms with van der Waals surface area (Å²) < 4.78 is 26.9. The molecule has 0 atom stereocenters. The van der Waals surface area contributed by atoms with Gasteiger partial charge in [0.1, 0.15) is 11.6 Å². The van der Waals surface area contributed by atoms with Gasteiger partial charge >= 0.3 is 0 Å². The lowest BCUT2D eigenvalue weighted by atomic mass is 10.1. The molecule has 0 saturated carbocycles. The Bertz CT molecular complexity index is 695. The third kappa shape index (κ3) is 1.45. The number of rotatable bonds is 1. The standard InChI is InChI=1S/C13H10F2N2/c1-7-2-3-16-13(7)9-6-17-11-5-8(14)4-10(15)12(9)11/h2-6,16-17H,1H3. The number of H-pyrrole nitrogens is 2. The Kier molecular flexibility index (Phi) is 2.04. The van der Waals surface area contributed by atoms with Gasteiger partial charge in [-0.05, 0) is 24.6 Å². The van der Waals surface area contributed by atoms with Crippen molar-refractivity contribution in [2.45, 2.75) is 6.92 Å². The molecular formula is C13H10F2N2. The summed E-state index contributed by atoms with van der Waals surface area (Å²) in [6.45, 7) is 1.94. The molecule has 2 aromatic heterocycles. The predicted molar refractivity (Wildman–Crippen MR) is 62.7 cm³/mol. The molecule has 2 heterocycles.